The van der Waals surface area contributed by atoms with Gasteiger partial charge in [0, 0.05) is 0 Å². The van der Waals surface area contributed by atoms with E-state index in [2.05, 4.69) is 4.84 Å². The summed E-state index contributed by atoms with van der Waals surface area (Å²) in [4.78, 5) is 44.6. The highest BCUT2D eigenvalue weighted by Crippen LogP contribution is 1.98. The Hall–Kier alpha value is -2.51. The Balaban J connectivity index is 0. The molecule has 0 saturated carbocycles. The average molecular weight is 384 g/mol. The first-order chi connectivity index (χ1) is 12.0. The molecule has 6 N–H and O–H groups in total. The Bertz CT molecular complexity index is 439. The first-order valence-corrected chi connectivity index (χ1v) is 7.55. The van der Waals surface area contributed by atoms with Crippen LogP contribution in [0.1, 0.15) is 32.6 Å². The smallest absolute Gasteiger partial charge is 0.335 e. The number of hydrogen-bond acceptors (Lipinski definition) is 10. The van der Waals surface area contributed by atoms with Gasteiger partial charge in [0.05, 0.1) is 13.2 Å². The zero-order chi connectivity index (χ0) is 20.7. The van der Waals surface area contributed by atoms with Crippen LogP contribution in [0.3, 0.4) is 0 Å². The van der Waals surface area contributed by atoms with Gasteiger partial charge in [0.25, 0.3) is 5.09 Å². The lowest BCUT2D eigenvalue weighted by atomic mass is 10.2. The molecule has 13 nitrogen and oxygen atoms in total. The van der Waals surface area contributed by atoms with E-state index in [0.717, 1.165) is 6.42 Å². The van der Waals surface area contributed by atoms with Crippen molar-refractivity contribution in [1.29, 1.82) is 0 Å². The third kappa shape index (κ3) is 13.9. The molecule has 0 spiro atoms. The van der Waals surface area contributed by atoms with E-state index in [-0.39, 0.29) is 13.2 Å². The van der Waals surface area contributed by atoms with Gasteiger partial charge in [0.1, 0.15) is 6.04 Å². The number of carbonyl (C=O) groups is 3. The lowest BCUT2D eigenvalue weighted by Gasteiger charge is -2.09. The second-order valence-electron chi connectivity index (χ2n) is 4.89. The predicted octanol–water partition coefficient (Wildman–Crippen LogP) is -1.48. The molecule has 0 heterocycles. The molecule has 0 amide bonds. The maximum atomic E-state index is 11.2. The van der Waals surface area contributed by atoms with Crippen LogP contribution in [0.25, 0.3) is 0 Å². The number of hydrogen-bond donors (Lipinski definition) is 5. The SMILES string of the molecule is CCCC(N)C(=O)OCCCCO[N+](=O)[O-].O=C(O)C(O)C(O)C(=O)O. The summed E-state index contributed by atoms with van der Waals surface area (Å²) in [6.07, 6.45) is -2.11. The number of unbranched alkanes of at least 4 members (excludes halogenated alkanes) is 1. The molecule has 0 aromatic carbocycles. The largest absolute Gasteiger partial charge is 0.479 e. The normalized spacial score (nSPS) is 13.4. The summed E-state index contributed by atoms with van der Waals surface area (Å²) in [5.41, 5.74) is 5.52. The quantitative estimate of drug-likeness (QED) is 0.112. The van der Waals surface area contributed by atoms with Crippen LogP contribution in [0.15, 0.2) is 0 Å². The second-order valence-corrected chi connectivity index (χ2v) is 4.89. The lowest BCUT2D eigenvalue weighted by Crippen LogP contribution is -2.39. The summed E-state index contributed by atoms with van der Waals surface area (Å²) in [5.74, 6) is -3.96. The molecule has 0 aromatic heterocycles. The number of rotatable bonds is 12. The van der Waals surface area contributed by atoms with E-state index in [1.54, 1.807) is 0 Å². The van der Waals surface area contributed by atoms with E-state index in [1.807, 2.05) is 6.92 Å². The molecule has 0 radical (unpaired) electrons. The number of carboxylic acid groups (broad SMARTS) is 2. The van der Waals surface area contributed by atoms with Crippen molar-refractivity contribution in [2.75, 3.05) is 13.2 Å². The minimum atomic E-state index is -2.27. The molecule has 3 atom stereocenters. The number of aliphatic hydroxyl groups excluding tert-OH is 2. The number of carboxylic acids is 2. The molecule has 0 aliphatic heterocycles. The highest BCUT2D eigenvalue weighted by molar-refractivity contribution is 5.83. The van der Waals surface area contributed by atoms with E-state index < -0.39 is 41.2 Å². The van der Waals surface area contributed by atoms with Crippen LogP contribution >= 0.6 is 0 Å². The van der Waals surface area contributed by atoms with Gasteiger partial charge in [-0.15, -0.1) is 10.1 Å². The van der Waals surface area contributed by atoms with Crippen molar-refractivity contribution in [3.8, 4) is 0 Å². The fourth-order valence-electron chi connectivity index (χ4n) is 1.32. The topological polar surface area (TPSA) is 220 Å². The van der Waals surface area contributed by atoms with Gasteiger partial charge in [-0.05, 0) is 19.3 Å². The Kier molecular flexibility index (Phi) is 14.6. The first kappa shape index (κ1) is 25.7. The number of carbonyl (C=O) groups excluding carboxylic acids is 1. The number of aliphatic carboxylic acids is 2. The summed E-state index contributed by atoms with van der Waals surface area (Å²) < 4.78 is 4.87. The van der Waals surface area contributed by atoms with Crippen LogP contribution in [0.4, 0.5) is 0 Å². The molecular weight excluding hydrogens is 360 g/mol. The maximum absolute atomic E-state index is 11.2. The summed E-state index contributed by atoms with van der Waals surface area (Å²) in [7, 11) is 0. The van der Waals surface area contributed by atoms with Crippen molar-refractivity contribution in [2.24, 2.45) is 5.73 Å². The Labute approximate surface area is 148 Å². The first-order valence-electron chi connectivity index (χ1n) is 7.55. The molecule has 26 heavy (non-hydrogen) atoms. The number of nitrogens with two attached hydrogens (primary N) is 1. The highest BCUT2D eigenvalue weighted by atomic mass is 16.9. The van der Waals surface area contributed by atoms with E-state index in [9.17, 15) is 24.5 Å². The van der Waals surface area contributed by atoms with Crippen LogP contribution in [-0.4, -0.2) is 74.9 Å². The minimum absolute atomic E-state index is 0.0194. The predicted molar refractivity (Wildman–Crippen MR) is 83.3 cm³/mol. The summed E-state index contributed by atoms with van der Waals surface area (Å²) >= 11 is 0. The Morgan fingerprint density at radius 3 is 1.92 bits per heavy atom. The van der Waals surface area contributed by atoms with Crippen molar-refractivity contribution < 1.29 is 49.5 Å². The van der Waals surface area contributed by atoms with Gasteiger partial charge >= 0.3 is 17.9 Å². The number of esters is 1. The van der Waals surface area contributed by atoms with Gasteiger partial charge < -0.3 is 35.7 Å². The zero-order valence-corrected chi connectivity index (χ0v) is 14.1. The Morgan fingerprint density at radius 1 is 1.08 bits per heavy atom. The molecule has 0 aliphatic carbocycles. The molecule has 0 aromatic rings. The maximum Gasteiger partial charge on any atom is 0.335 e. The number of nitrogens with zero attached hydrogens (tertiary/aromatic N) is 1. The standard InChI is InChI=1S/C9H18N2O5.C4H6O6/c1-2-5-8(10)9(12)15-6-3-4-7-16-11(13)14;5-1(3(7)8)2(6)4(9)10/h8H,2-7,10H2,1H3;1-2,5-6H,(H,7,8)(H,9,10). The molecule has 0 fully saturated rings. The molecule has 0 rings (SSSR count). The molecular formula is C13H24N2O11. The van der Waals surface area contributed by atoms with Crippen molar-refractivity contribution in [2.45, 2.75) is 50.9 Å². The van der Waals surface area contributed by atoms with Gasteiger partial charge in [-0.3, -0.25) is 4.79 Å². The third-order valence-electron chi connectivity index (χ3n) is 2.69. The second kappa shape index (κ2) is 14.8. The van der Waals surface area contributed by atoms with Crippen LogP contribution in [0.5, 0.6) is 0 Å². The minimum Gasteiger partial charge on any atom is -0.479 e. The molecule has 152 valence electrons. The average Bonchev–Trinajstić information content (AvgIpc) is 2.56. The third-order valence-corrected chi connectivity index (χ3v) is 2.69. The van der Waals surface area contributed by atoms with E-state index in [1.165, 1.54) is 0 Å². The van der Waals surface area contributed by atoms with Gasteiger partial charge in [-0.25, -0.2) is 9.59 Å². The molecule has 0 saturated heterocycles. The van der Waals surface area contributed by atoms with E-state index in [0.29, 0.717) is 19.3 Å². The van der Waals surface area contributed by atoms with Gasteiger partial charge in [-0.2, -0.15) is 0 Å². The van der Waals surface area contributed by atoms with Crippen molar-refractivity contribution in [3.05, 3.63) is 10.1 Å². The van der Waals surface area contributed by atoms with Gasteiger partial charge in [0.2, 0.25) is 0 Å². The highest BCUT2D eigenvalue weighted by Gasteiger charge is 2.29. The molecule has 0 aliphatic rings. The van der Waals surface area contributed by atoms with Crippen LogP contribution < -0.4 is 5.73 Å². The lowest BCUT2D eigenvalue weighted by molar-refractivity contribution is -0.757. The van der Waals surface area contributed by atoms with Crippen LogP contribution in [0.2, 0.25) is 0 Å². The van der Waals surface area contributed by atoms with Crippen LogP contribution in [0, 0.1) is 10.1 Å². The number of aliphatic hydroxyl groups is 2. The van der Waals surface area contributed by atoms with Gasteiger partial charge in [-0.1, -0.05) is 13.3 Å². The fraction of sp³-hybridized carbons (Fsp3) is 0.769. The van der Waals surface area contributed by atoms with E-state index in [4.69, 9.17) is 30.9 Å². The molecule has 13 heteroatoms. The van der Waals surface area contributed by atoms with Crippen molar-refractivity contribution >= 4 is 17.9 Å². The molecule has 3 unspecified atom stereocenters. The van der Waals surface area contributed by atoms with Gasteiger partial charge in [0.15, 0.2) is 12.2 Å². The van der Waals surface area contributed by atoms with Crippen molar-refractivity contribution in [3.63, 3.8) is 0 Å². The summed E-state index contributed by atoms with van der Waals surface area (Å²) in [6.45, 7) is 2.17. The van der Waals surface area contributed by atoms with Crippen LogP contribution in [-0.2, 0) is 24.0 Å². The monoisotopic (exact) mass is 384 g/mol. The summed E-state index contributed by atoms with van der Waals surface area (Å²) in [5, 5.41) is 41.5. The Morgan fingerprint density at radius 2 is 1.54 bits per heavy atom. The fourth-order valence-corrected chi connectivity index (χ4v) is 1.32. The molecule has 0 bridgehead atoms. The van der Waals surface area contributed by atoms with Crippen molar-refractivity contribution in [1.82, 2.24) is 0 Å². The zero-order valence-electron chi connectivity index (χ0n) is 14.1. The summed E-state index contributed by atoms with van der Waals surface area (Å²) in [6, 6.07) is -0.569. The number of ether oxygens (including phenoxy) is 1. The van der Waals surface area contributed by atoms with E-state index >= 15 is 0 Å².